The Hall–Kier alpha value is -2.46. The third-order valence-electron chi connectivity index (χ3n) is 2.98. The topological polar surface area (TPSA) is 70.7 Å². The zero-order valence-electron chi connectivity index (χ0n) is 11.5. The zero-order valence-corrected chi connectivity index (χ0v) is 12.2. The Kier molecular flexibility index (Phi) is 4.73. The van der Waals surface area contributed by atoms with Crippen molar-refractivity contribution < 1.29 is 13.6 Å². The summed E-state index contributed by atoms with van der Waals surface area (Å²) >= 11 is 5.76. The van der Waals surface area contributed by atoms with Crippen LogP contribution < -0.4 is 5.32 Å². The Morgan fingerprint density at radius 1 is 1.50 bits per heavy atom. The van der Waals surface area contributed by atoms with Crippen molar-refractivity contribution in [3.05, 3.63) is 46.2 Å². The van der Waals surface area contributed by atoms with Crippen molar-refractivity contribution in [1.29, 1.82) is 5.26 Å². The summed E-state index contributed by atoms with van der Waals surface area (Å²) in [5.41, 5.74) is 0.379. The molecule has 0 spiro atoms. The molecular formula is C14H11ClF2N4O. The molecule has 1 aromatic heterocycles. The standard InChI is InChI=1S/C14H11ClF2N4O/c1-8-12(15)13(14(16)17)20-21(8)7-11(22)19-10-5-3-2-4-9(10)6-18/h2-5,14H,7H2,1H3,(H,19,22). The predicted molar refractivity (Wildman–Crippen MR) is 76.7 cm³/mol. The van der Waals surface area contributed by atoms with E-state index in [0.717, 1.165) is 4.68 Å². The summed E-state index contributed by atoms with van der Waals surface area (Å²) in [7, 11) is 0. The zero-order chi connectivity index (χ0) is 16.3. The highest BCUT2D eigenvalue weighted by Crippen LogP contribution is 2.28. The van der Waals surface area contributed by atoms with Crippen molar-refractivity contribution in [2.24, 2.45) is 0 Å². The maximum Gasteiger partial charge on any atom is 0.283 e. The molecule has 5 nitrogen and oxygen atoms in total. The Balaban J connectivity index is 2.16. The number of carbonyl (C=O) groups is 1. The molecule has 1 amide bonds. The Bertz CT molecular complexity index is 752. The number of alkyl halides is 2. The number of hydrogen-bond acceptors (Lipinski definition) is 3. The van der Waals surface area contributed by atoms with E-state index in [9.17, 15) is 13.6 Å². The number of anilines is 1. The summed E-state index contributed by atoms with van der Waals surface area (Å²) < 4.78 is 26.5. The van der Waals surface area contributed by atoms with Crippen LogP contribution in [0.15, 0.2) is 24.3 Å². The number of nitrogens with zero attached hydrogens (tertiary/aromatic N) is 3. The quantitative estimate of drug-likeness (QED) is 0.938. The van der Waals surface area contributed by atoms with E-state index >= 15 is 0 Å². The molecule has 114 valence electrons. The molecule has 0 aliphatic rings. The van der Waals surface area contributed by atoms with Crippen molar-refractivity contribution in [3.8, 4) is 6.07 Å². The van der Waals surface area contributed by atoms with Crippen LogP contribution in [-0.2, 0) is 11.3 Å². The van der Waals surface area contributed by atoms with E-state index in [2.05, 4.69) is 10.4 Å². The molecule has 2 rings (SSSR count). The van der Waals surface area contributed by atoms with Crippen LogP contribution in [0.5, 0.6) is 0 Å². The Morgan fingerprint density at radius 3 is 2.77 bits per heavy atom. The summed E-state index contributed by atoms with van der Waals surface area (Å²) in [4.78, 5) is 12.0. The number of rotatable bonds is 4. The maximum absolute atomic E-state index is 12.7. The molecule has 1 N–H and O–H groups in total. The number of nitriles is 1. The first-order valence-electron chi connectivity index (χ1n) is 6.24. The third-order valence-corrected chi connectivity index (χ3v) is 3.45. The minimum Gasteiger partial charge on any atom is -0.323 e. The lowest BCUT2D eigenvalue weighted by molar-refractivity contribution is -0.117. The summed E-state index contributed by atoms with van der Waals surface area (Å²) in [5, 5.41) is 15.0. The van der Waals surface area contributed by atoms with Gasteiger partial charge in [-0.1, -0.05) is 23.7 Å². The summed E-state index contributed by atoms with van der Waals surface area (Å²) in [6, 6.07) is 8.41. The smallest absolute Gasteiger partial charge is 0.283 e. The number of nitrogens with one attached hydrogen (secondary N) is 1. The molecule has 0 atom stereocenters. The second-order valence-corrected chi connectivity index (χ2v) is 4.83. The lowest BCUT2D eigenvalue weighted by atomic mass is 10.2. The van der Waals surface area contributed by atoms with E-state index in [1.807, 2.05) is 6.07 Å². The number of aromatic nitrogens is 2. The number of para-hydroxylation sites is 1. The van der Waals surface area contributed by atoms with Gasteiger partial charge in [-0.05, 0) is 19.1 Å². The minimum absolute atomic E-state index is 0.153. The van der Waals surface area contributed by atoms with Crippen LogP contribution in [0.4, 0.5) is 14.5 Å². The Morgan fingerprint density at radius 2 is 2.18 bits per heavy atom. The van der Waals surface area contributed by atoms with E-state index in [4.69, 9.17) is 16.9 Å². The molecule has 1 heterocycles. The predicted octanol–water partition coefficient (Wildman–Crippen LogP) is 3.29. The number of benzene rings is 1. The molecule has 0 saturated heterocycles. The molecule has 0 aliphatic heterocycles. The van der Waals surface area contributed by atoms with Crippen molar-refractivity contribution in [3.63, 3.8) is 0 Å². The molecule has 0 aliphatic carbocycles. The molecule has 2 aromatic rings. The van der Waals surface area contributed by atoms with Gasteiger partial charge in [0.15, 0.2) is 0 Å². The Labute approximate surface area is 130 Å². The minimum atomic E-state index is -2.81. The van der Waals surface area contributed by atoms with Crippen LogP contribution in [0.1, 0.15) is 23.4 Å². The SMILES string of the molecule is Cc1c(Cl)c(C(F)F)nn1CC(=O)Nc1ccccc1C#N. The fraction of sp³-hybridized carbons (Fsp3) is 0.214. The van der Waals surface area contributed by atoms with Crippen molar-refractivity contribution >= 4 is 23.2 Å². The van der Waals surface area contributed by atoms with Crippen molar-refractivity contribution in [2.45, 2.75) is 19.9 Å². The highest BCUT2D eigenvalue weighted by atomic mass is 35.5. The molecule has 0 unspecified atom stereocenters. The van der Waals surface area contributed by atoms with Crippen molar-refractivity contribution in [1.82, 2.24) is 9.78 Å². The van der Waals surface area contributed by atoms with Gasteiger partial charge < -0.3 is 5.32 Å². The van der Waals surface area contributed by atoms with Gasteiger partial charge >= 0.3 is 0 Å². The first-order valence-corrected chi connectivity index (χ1v) is 6.61. The van der Waals surface area contributed by atoms with Gasteiger partial charge in [0.25, 0.3) is 6.43 Å². The molecule has 0 bridgehead atoms. The van der Waals surface area contributed by atoms with E-state index in [-0.39, 0.29) is 17.3 Å². The fourth-order valence-corrected chi connectivity index (χ4v) is 2.07. The lowest BCUT2D eigenvalue weighted by Crippen LogP contribution is -2.20. The van der Waals surface area contributed by atoms with E-state index < -0.39 is 18.0 Å². The molecule has 0 saturated carbocycles. The summed E-state index contributed by atoms with van der Waals surface area (Å²) in [5.74, 6) is -0.495. The molecule has 22 heavy (non-hydrogen) atoms. The van der Waals surface area contributed by atoms with Gasteiger partial charge in [-0.15, -0.1) is 0 Å². The average Bonchev–Trinajstić information content (AvgIpc) is 2.76. The van der Waals surface area contributed by atoms with Crippen molar-refractivity contribution in [2.75, 3.05) is 5.32 Å². The number of carbonyl (C=O) groups excluding carboxylic acids is 1. The second-order valence-electron chi connectivity index (χ2n) is 4.45. The molecule has 0 radical (unpaired) electrons. The number of amides is 1. The molecule has 1 aromatic carbocycles. The van der Waals surface area contributed by atoms with Crippen LogP contribution >= 0.6 is 11.6 Å². The fourth-order valence-electron chi connectivity index (χ4n) is 1.86. The van der Waals surface area contributed by atoms with E-state index in [1.54, 1.807) is 24.3 Å². The van der Waals surface area contributed by atoms with E-state index in [1.165, 1.54) is 6.92 Å². The van der Waals surface area contributed by atoms with Crippen LogP contribution in [0, 0.1) is 18.3 Å². The molecular weight excluding hydrogens is 314 g/mol. The largest absolute Gasteiger partial charge is 0.323 e. The van der Waals surface area contributed by atoms with E-state index in [0.29, 0.717) is 11.3 Å². The maximum atomic E-state index is 12.7. The summed E-state index contributed by atoms with van der Waals surface area (Å²) in [6.07, 6.45) is -2.81. The van der Waals surface area contributed by atoms with Gasteiger partial charge in [0.2, 0.25) is 5.91 Å². The lowest BCUT2D eigenvalue weighted by Gasteiger charge is -2.08. The number of halogens is 3. The second kappa shape index (κ2) is 6.54. The van der Waals surface area contributed by atoms with Gasteiger partial charge in [0.05, 0.1) is 22.0 Å². The first kappa shape index (κ1) is 15.9. The van der Waals surface area contributed by atoms with Crippen LogP contribution in [0.25, 0.3) is 0 Å². The molecule has 8 heteroatoms. The summed E-state index contributed by atoms with van der Waals surface area (Å²) in [6.45, 7) is 1.22. The highest BCUT2D eigenvalue weighted by Gasteiger charge is 2.21. The van der Waals surface area contributed by atoms with Gasteiger partial charge in [0.1, 0.15) is 18.3 Å². The van der Waals surface area contributed by atoms with Crippen LogP contribution in [0.2, 0.25) is 5.02 Å². The van der Waals surface area contributed by atoms with Crippen LogP contribution in [0.3, 0.4) is 0 Å². The highest BCUT2D eigenvalue weighted by molar-refractivity contribution is 6.31. The van der Waals surface area contributed by atoms with Crippen LogP contribution in [-0.4, -0.2) is 15.7 Å². The monoisotopic (exact) mass is 324 g/mol. The molecule has 0 fully saturated rings. The first-order chi connectivity index (χ1) is 10.4. The van der Waals surface area contributed by atoms with Gasteiger partial charge in [0, 0.05) is 0 Å². The average molecular weight is 325 g/mol. The van der Waals surface area contributed by atoms with Gasteiger partial charge in [-0.25, -0.2) is 8.78 Å². The van der Waals surface area contributed by atoms with Gasteiger partial charge in [-0.2, -0.15) is 10.4 Å². The number of hydrogen-bond donors (Lipinski definition) is 1. The third kappa shape index (κ3) is 3.23. The van der Waals surface area contributed by atoms with Gasteiger partial charge in [-0.3, -0.25) is 9.48 Å². The normalized spacial score (nSPS) is 10.5.